The third-order valence-electron chi connectivity index (χ3n) is 4.43. The topological polar surface area (TPSA) is 40.5 Å². The first-order chi connectivity index (χ1) is 10.3. The number of rotatable bonds is 5. The highest BCUT2D eigenvalue weighted by atomic mass is 16.4. The van der Waals surface area contributed by atoms with Crippen molar-refractivity contribution in [1.82, 2.24) is 4.90 Å². The highest BCUT2D eigenvalue weighted by Gasteiger charge is 2.23. The number of carbonyl (C=O) groups is 1. The maximum Gasteiger partial charge on any atom is 0.311 e. The van der Waals surface area contributed by atoms with Crippen molar-refractivity contribution in [3.63, 3.8) is 0 Å². The van der Waals surface area contributed by atoms with E-state index >= 15 is 0 Å². The molecule has 0 saturated carbocycles. The molecule has 0 radical (unpaired) electrons. The zero-order chi connectivity index (χ0) is 14.7. The number of hydrogen-bond acceptors (Lipinski definition) is 2. The molecule has 3 rings (SSSR count). The van der Waals surface area contributed by atoms with Gasteiger partial charge in [0.15, 0.2) is 0 Å². The highest BCUT2D eigenvalue weighted by Crippen LogP contribution is 2.28. The molecule has 21 heavy (non-hydrogen) atoms. The summed E-state index contributed by atoms with van der Waals surface area (Å²) >= 11 is 0. The van der Waals surface area contributed by atoms with Gasteiger partial charge in [-0.25, -0.2) is 0 Å². The van der Waals surface area contributed by atoms with Crippen molar-refractivity contribution in [2.75, 3.05) is 19.6 Å². The molecule has 3 nitrogen and oxygen atoms in total. The van der Waals surface area contributed by atoms with Crippen molar-refractivity contribution < 1.29 is 9.90 Å². The molecule has 0 bridgehead atoms. The molecule has 3 heteroatoms. The van der Waals surface area contributed by atoms with Crippen LogP contribution in [0.1, 0.15) is 30.7 Å². The van der Waals surface area contributed by atoms with E-state index < -0.39 is 11.9 Å². The minimum Gasteiger partial charge on any atom is -0.481 e. The Balaban J connectivity index is 1.86. The Bertz CT molecular complexity index is 627. The molecular formula is C18H21NO2. The Morgan fingerprint density at radius 1 is 1.10 bits per heavy atom. The molecule has 0 amide bonds. The van der Waals surface area contributed by atoms with Crippen molar-refractivity contribution in [3.8, 4) is 0 Å². The average Bonchev–Trinajstić information content (AvgIpc) is 3.01. The highest BCUT2D eigenvalue weighted by molar-refractivity contribution is 5.90. The lowest BCUT2D eigenvalue weighted by molar-refractivity contribution is -0.139. The molecule has 0 aromatic heterocycles. The van der Waals surface area contributed by atoms with Gasteiger partial charge < -0.3 is 10.0 Å². The van der Waals surface area contributed by atoms with E-state index in [9.17, 15) is 9.90 Å². The van der Waals surface area contributed by atoms with Crippen LogP contribution in [0.4, 0.5) is 0 Å². The minimum absolute atomic E-state index is 0.420. The van der Waals surface area contributed by atoms with Crippen LogP contribution < -0.4 is 0 Å². The van der Waals surface area contributed by atoms with Crippen LogP contribution in [0.25, 0.3) is 10.8 Å². The maximum atomic E-state index is 11.7. The zero-order valence-corrected chi connectivity index (χ0v) is 12.2. The van der Waals surface area contributed by atoms with Gasteiger partial charge in [0, 0.05) is 0 Å². The zero-order valence-electron chi connectivity index (χ0n) is 12.2. The lowest BCUT2D eigenvalue weighted by Gasteiger charge is -2.19. The maximum absolute atomic E-state index is 11.7. The molecule has 0 aliphatic carbocycles. The Morgan fingerprint density at radius 2 is 1.81 bits per heavy atom. The summed E-state index contributed by atoms with van der Waals surface area (Å²) in [5.74, 6) is -1.14. The molecule has 2 aromatic rings. The van der Waals surface area contributed by atoms with E-state index in [2.05, 4.69) is 4.90 Å². The first-order valence-electron chi connectivity index (χ1n) is 7.68. The van der Waals surface area contributed by atoms with Gasteiger partial charge in [-0.15, -0.1) is 0 Å². The van der Waals surface area contributed by atoms with Crippen LogP contribution in [-0.4, -0.2) is 35.6 Å². The first-order valence-corrected chi connectivity index (χ1v) is 7.68. The minimum atomic E-state index is -0.717. The number of nitrogens with zero attached hydrogens (tertiary/aromatic N) is 1. The molecule has 1 heterocycles. The molecule has 1 unspecified atom stereocenters. The molecule has 1 saturated heterocycles. The van der Waals surface area contributed by atoms with Gasteiger partial charge in [-0.05, 0) is 55.2 Å². The molecule has 1 atom stereocenters. The summed E-state index contributed by atoms with van der Waals surface area (Å²) in [6, 6.07) is 14.0. The lowest BCUT2D eigenvalue weighted by atomic mass is 9.91. The van der Waals surface area contributed by atoms with Crippen molar-refractivity contribution in [1.29, 1.82) is 0 Å². The third kappa shape index (κ3) is 3.08. The van der Waals surface area contributed by atoms with E-state index in [-0.39, 0.29) is 0 Å². The van der Waals surface area contributed by atoms with E-state index in [1.807, 2.05) is 42.5 Å². The summed E-state index contributed by atoms with van der Waals surface area (Å²) < 4.78 is 0. The second-order valence-electron chi connectivity index (χ2n) is 5.80. The summed E-state index contributed by atoms with van der Waals surface area (Å²) in [6.45, 7) is 3.10. The predicted octanol–water partition coefficient (Wildman–Crippen LogP) is 3.49. The number of likely N-dealkylation sites (tertiary alicyclic amines) is 1. The summed E-state index contributed by atoms with van der Waals surface area (Å²) in [5, 5.41) is 11.8. The van der Waals surface area contributed by atoms with Gasteiger partial charge in [-0.2, -0.15) is 0 Å². The Labute approximate surface area is 125 Å². The summed E-state index contributed by atoms with van der Waals surface area (Å²) in [5.41, 5.74) is 0.944. The number of hydrogen-bond donors (Lipinski definition) is 1. The number of aliphatic carboxylic acids is 1. The second kappa shape index (κ2) is 6.27. The van der Waals surface area contributed by atoms with Crippen molar-refractivity contribution in [3.05, 3.63) is 48.0 Å². The van der Waals surface area contributed by atoms with E-state index in [1.54, 1.807) is 0 Å². The molecule has 110 valence electrons. The van der Waals surface area contributed by atoms with Crippen LogP contribution in [0.2, 0.25) is 0 Å². The number of benzene rings is 2. The van der Waals surface area contributed by atoms with Gasteiger partial charge in [0.05, 0.1) is 5.92 Å². The van der Waals surface area contributed by atoms with Crippen molar-refractivity contribution >= 4 is 16.7 Å². The fourth-order valence-electron chi connectivity index (χ4n) is 3.28. The van der Waals surface area contributed by atoms with Crippen LogP contribution >= 0.6 is 0 Å². The smallest absolute Gasteiger partial charge is 0.311 e. The van der Waals surface area contributed by atoms with Gasteiger partial charge in [0.1, 0.15) is 0 Å². The van der Waals surface area contributed by atoms with Gasteiger partial charge >= 0.3 is 5.97 Å². The third-order valence-corrected chi connectivity index (χ3v) is 4.43. The number of carboxylic acids is 1. The fourth-order valence-corrected chi connectivity index (χ4v) is 3.28. The van der Waals surface area contributed by atoms with Crippen LogP contribution in [-0.2, 0) is 4.79 Å². The van der Waals surface area contributed by atoms with E-state index in [0.717, 1.165) is 36.0 Å². The SMILES string of the molecule is O=C(O)C(CCN1CCCC1)c1cccc2ccccc12. The van der Waals surface area contributed by atoms with Crippen LogP contribution in [0, 0.1) is 0 Å². The molecule has 1 aliphatic heterocycles. The van der Waals surface area contributed by atoms with Gasteiger partial charge in [0.25, 0.3) is 0 Å². The molecule has 2 aromatic carbocycles. The van der Waals surface area contributed by atoms with Gasteiger partial charge in [-0.3, -0.25) is 4.79 Å². The summed E-state index contributed by atoms with van der Waals surface area (Å²) in [7, 11) is 0. The Hall–Kier alpha value is -1.87. The Kier molecular flexibility index (Phi) is 4.20. The average molecular weight is 283 g/mol. The van der Waals surface area contributed by atoms with E-state index in [4.69, 9.17) is 0 Å². The van der Waals surface area contributed by atoms with Crippen molar-refractivity contribution in [2.45, 2.75) is 25.2 Å². The Morgan fingerprint density at radius 3 is 2.57 bits per heavy atom. The van der Waals surface area contributed by atoms with Gasteiger partial charge in [-0.1, -0.05) is 42.5 Å². The van der Waals surface area contributed by atoms with Crippen LogP contribution in [0.5, 0.6) is 0 Å². The number of fused-ring (bicyclic) bond motifs is 1. The molecule has 1 fully saturated rings. The van der Waals surface area contributed by atoms with E-state index in [0.29, 0.717) is 6.42 Å². The van der Waals surface area contributed by atoms with Crippen molar-refractivity contribution in [2.24, 2.45) is 0 Å². The standard InChI is InChI=1S/C18H21NO2/c20-18(21)17(10-13-19-11-3-4-12-19)16-9-5-7-14-6-1-2-8-15(14)16/h1-2,5-9,17H,3-4,10-13H2,(H,20,21). The second-order valence-corrected chi connectivity index (χ2v) is 5.80. The number of carboxylic acid groups (broad SMARTS) is 1. The monoisotopic (exact) mass is 283 g/mol. The molecule has 0 spiro atoms. The van der Waals surface area contributed by atoms with Crippen LogP contribution in [0.3, 0.4) is 0 Å². The lowest BCUT2D eigenvalue weighted by Crippen LogP contribution is -2.24. The largest absolute Gasteiger partial charge is 0.481 e. The molecule has 1 aliphatic rings. The summed E-state index contributed by atoms with van der Waals surface area (Å²) in [6.07, 6.45) is 3.17. The predicted molar refractivity (Wildman–Crippen MR) is 84.6 cm³/mol. The fraction of sp³-hybridized carbons (Fsp3) is 0.389. The quantitative estimate of drug-likeness (QED) is 0.913. The van der Waals surface area contributed by atoms with Crippen LogP contribution in [0.15, 0.2) is 42.5 Å². The van der Waals surface area contributed by atoms with Gasteiger partial charge in [0.2, 0.25) is 0 Å². The normalized spacial score (nSPS) is 17.1. The first kappa shape index (κ1) is 14.1. The molecule has 1 N–H and O–H groups in total. The molecular weight excluding hydrogens is 262 g/mol. The van der Waals surface area contributed by atoms with E-state index in [1.165, 1.54) is 12.8 Å². The summed E-state index contributed by atoms with van der Waals surface area (Å²) in [4.78, 5) is 14.1.